The van der Waals surface area contributed by atoms with Crippen LogP contribution in [-0.4, -0.2) is 53.1 Å². The second kappa shape index (κ2) is 7.72. The van der Waals surface area contributed by atoms with Gasteiger partial charge in [0.05, 0.1) is 35.1 Å². The number of ether oxygens (including phenoxy) is 1. The Hall–Kier alpha value is -0.430. The molecule has 2 unspecified atom stereocenters. The number of halogens is 1. The quantitative estimate of drug-likeness (QED) is 0.847. The summed E-state index contributed by atoms with van der Waals surface area (Å²) in [6.45, 7) is 13.3. The summed E-state index contributed by atoms with van der Waals surface area (Å²) < 4.78 is 9.19. The molecule has 1 aromatic heterocycles. The van der Waals surface area contributed by atoms with Crippen molar-refractivity contribution in [2.24, 2.45) is 0 Å². The van der Waals surface area contributed by atoms with Crippen molar-refractivity contribution in [3.05, 3.63) is 16.4 Å². The average Bonchev–Trinajstić information content (AvgIpc) is 2.85. The monoisotopic (exact) mass is 358 g/mol. The van der Waals surface area contributed by atoms with Gasteiger partial charge in [-0.05, 0) is 43.2 Å². The molecule has 21 heavy (non-hydrogen) atoms. The maximum atomic E-state index is 6.09. The fourth-order valence-electron chi connectivity index (χ4n) is 2.92. The van der Waals surface area contributed by atoms with Gasteiger partial charge in [-0.2, -0.15) is 5.10 Å². The topological polar surface area (TPSA) is 42.3 Å². The van der Waals surface area contributed by atoms with Crippen LogP contribution in [0.3, 0.4) is 0 Å². The third-order valence-corrected chi connectivity index (χ3v) is 4.69. The van der Waals surface area contributed by atoms with Gasteiger partial charge in [-0.1, -0.05) is 6.92 Å². The average molecular weight is 359 g/mol. The molecule has 120 valence electrons. The molecule has 1 aliphatic rings. The summed E-state index contributed by atoms with van der Waals surface area (Å²) in [5.74, 6) is 0. The minimum Gasteiger partial charge on any atom is -0.374 e. The van der Waals surface area contributed by atoms with Gasteiger partial charge in [-0.25, -0.2) is 0 Å². The SMILES string of the molecule is CCNC(c1c(Br)cnn1CC)C1CN(C(C)C)CCO1. The minimum atomic E-state index is 0.152. The molecular weight excluding hydrogens is 332 g/mol. The van der Waals surface area contributed by atoms with Crippen LogP contribution in [-0.2, 0) is 11.3 Å². The van der Waals surface area contributed by atoms with E-state index in [0.29, 0.717) is 6.04 Å². The standard InChI is InChI=1S/C15H27BrN4O/c1-5-17-14(15-12(16)9-18-20(15)6-2)13-10-19(11(3)4)7-8-21-13/h9,11,13-14,17H,5-8,10H2,1-4H3. The largest absolute Gasteiger partial charge is 0.374 e. The highest BCUT2D eigenvalue weighted by Gasteiger charge is 2.32. The van der Waals surface area contributed by atoms with E-state index in [0.717, 1.165) is 37.3 Å². The molecule has 0 aromatic carbocycles. The first kappa shape index (κ1) is 16.9. The van der Waals surface area contributed by atoms with Crippen molar-refractivity contribution >= 4 is 15.9 Å². The summed E-state index contributed by atoms with van der Waals surface area (Å²) in [5.41, 5.74) is 1.19. The van der Waals surface area contributed by atoms with E-state index in [2.05, 4.69) is 63.6 Å². The molecule has 2 heterocycles. The van der Waals surface area contributed by atoms with Crippen LogP contribution in [0.2, 0.25) is 0 Å². The van der Waals surface area contributed by atoms with E-state index < -0.39 is 0 Å². The summed E-state index contributed by atoms with van der Waals surface area (Å²) in [7, 11) is 0. The van der Waals surface area contributed by atoms with E-state index in [1.807, 2.05) is 6.20 Å². The Morgan fingerprint density at radius 1 is 1.48 bits per heavy atom. The number of aromatic nitrogens is 2. The summed E-state index contributed by atoms with van der Waals surface area (Å²) in [4.78, 5) is 2.49. The number of hydrogen-bond donors (Lipinski definition) is 1. The maximum Gasteiger partial charge on any atom is 0.0912 e. The summed E-state index contributed by atoms with van der Waals surface area (Å²) in [6, 6.07) is 0.714. The van der Waals surface area contributed by atoms with Gasteiger partial charge in [0, 0.05) is 25.7 Å². The Morgan fingerprint density at radius 3 is 2.86 bits per heavy atom. The first-order valence-electron chi connectivity index (χ1n) is 7.88. The molecular formula is C15H27BrN4O. The molecule has 1 aromatic rings. The van der Waals surface area contributed by atoms with Crippen molar-refractivity contribution in [1.29, 1.82) is 0 Å². The molecule has 5 nitrogen and oxygen atoms in total. The van der Waals surface area contributed by atoms with Gasteiger partial charge in [-0.15, -0.1) is 0 Å². The van der Waals surface area contributed by atoms with Gasteiger partial charge >= 0.3 is 0 Å². The first-order valence-corrected chi connectivity index (χ1v) is 8.68. The molecule has 1 fully saturated rings. The first-order chi connectivity index (χ1) is 10.1. The zero-order valence-electron chi connectivity index (χ0n) is 13.5. The van der Waals surface area contributed by atoms with Crippen LogP contribution >= 0.6 is 15.9 Å². The molecule has 0 amide bonds. The van der Waals surface area contributed by atoms with Gasteiger partial charge < -0.3 is 10.1 Å². The second-order valence-electron chi connectivity index (χ2n) is 5.73. The predicted octanol–water partition coefficient (Wildman–Crippen LogP) is 2.43. The minimum absolute atomic E-state index is 0.152. The lowest BCUT2D eigenvalue weighted by Crippen LogP contribution is -2.50. The molecule has 0 spiro atoms. The molecule has 6 heteroatoms. The van der Waals surface area contributed by atoms with Crippen molar-refractivity contribution < 1.29 is 4.74 Å². The maximum absolute atomic E-state index is 6.09. The van der Waals surface area contributed by atoms with Crippen molar-refractivity contribution in [3.63, 3.8) is 0 Å². The van der Waals surface area contributed by atoms with E-state index in [-0.39, 0.29) is 12.1 Å². The summed E-state index contributed by atoms with van der Waals surface area (Å²) in [6.07, 6.45) is 2.03. The molecule has 2 atom stereocenters. The van der Waals surface area contributed by atoms with Crippen LogP contribution in [0.4, 0.5) is 0 Å². The van der Waals surface area contributed by atoms with Crippen LogP contribution < -0.4 is 5.32 Å². The van der Waals surface area contributed by atoms with Crippen molar-refractivity contribution in [1.82, 2.24) is 20.0 Å². The second-order valence-corrected chi connectivity index (χ2v) is 6.58. The third-order valence-electron chi connectivity index (χ3n) is 4.08. The smallest absolute Gasteiger partial charge is 0.0912 e. The summed E-state index contributed by atoms with van der Waals surface area (Å²) in [5, 5.41) is 8.03. The van der Waals surface area contributed by atoms with Gasteiger partial charge in [-0.3, -0.25) is 9.58 Å². The Morgan fingerprint density at radius 2 is 2.24 bits per heavy atom. The summed E-state index contributed by atoms with van der Waals surface area (Å²) >= 11 is 3.65. The van der Waals surface area contributed by atoms with E-state index >= 15 is 0 Å². The number of rotatable bonds is 6. The van der Waals surface area contributed by atoms with E-state index in [9.17, 15) is 0 Å². The highest BCUT2D eigenvalue weighted by atomic mass is 79.9. The fourth-order valence-corrected chi connectivity index (χ4v) is 3.47. The van der Waals surface area contributed by atoms with Crippen LogP contribution in [0, 0.1) is 0 Å². The normalized spacial score (nSPS) is 21.9. The van der Waals surface area contributed by atoms with Gasteiger partial charge in [0.2, 0.25) is 0 Å². The zero-order valence-corrected chi connectivity index (χ0v) is 15.1. The van der Waals surface area contributed by atoms with Crippen molar-refractivity contribution in [3.8, 4) is 0 Å². The number of nitrogens with one attached hydrogen (secondary N) is 1. The molecule has 1 saturated heterocycles. The van der Waals surface area contributed by atoms with Crippen molar-refractivity contribution in [2.75, 3.05) is 26.2 Å². The number of nitrogens with zero attached hydrogens (tertiary/aromatic N) is 3. The molecule has 0 saturated carbocycles. The van der Waals surface area contributed by atoms with Gasteiger partial charge in [0.1, 0.15) is 0 Å². The lowest BCUT2D eigenvalue weighted by atomic mass is 10.0. The van der Waals surface area contributed by atoms with Gasteiger partial charge in [0.15, 0.2) is 0 Å². The molecule has 0 aliphatic carbocycles. The van der Waals surface area contributed by atoms with Crippen LogP contribution in [0.1, 0.15) is 39.4 Å². The van der Waals surface area contributed by atoms with Crippen LogP contribution in [0.25, 0.3) is 0 Å². The Balaban J connectivity index is 2.23. The molecule has 1 aliphatic heterocycles. The number of aryl methyl sites for hydroxylation is 1. The van der Waals surface area contributed by atoms with E-state index in [1.54, 1.807) is 0 Å². The highest BCUT2D eigenvalue weighted by Crippen LogP contribution is 2.29. The lowest BCUT2D eigenvalue weighted by molar-refractivity contribution is -0.0572. The van der Waals surface area contributed by atoms with Gasteiger partial charge in [0.25, 0.3) is 0 Å². The molecule has 1 N–H and O–H groups in total. The molecule has 2 rings (SSSR count). The number of morpholine rings is 1. The highest BCUT2D eigenvalue weighted by molar-refractivity contribution is 9.10. The van der Waals surface area contributed by atoms with Crippen molar-refractivity contribution in [2.45, 2.75) is 52.4 Å². The fraction of sp³-hybridized carbons (Fsp3) is 0.800. The van der Waals surface area contributed by atoms with E-state index in [4.69, 9.17) is 4.74 Å². The van der Waals surface area contributed by atoms with Crippen LogP contribution in [0.5, 0.6) is 0 Å². The zero-order chi connectivity index (χ0) is 15.4. The Labute approximate surface area is 136 Å². The Kier molecular flexibility index (Phi) is 6.22. The Bertz CT molecular complexity index is 449. The molecule has 0 bridgehead atoms. The number of hydrogen-bond acceptors (Lipinski definition) is 4. The lowest BCUT2D eigenvalue weighted by Gasteiger charge is -2.39. The predicted molar refractivity (Wildman–Crippen MR) is 88.5 cm³/mol. The third kappa shape index (κ3) is 3.86. The molecule has 0 radical (unpaired) electrons. The number of likely N-dealkylation sites (N-methyl/N-ethyl adjacent to an activating group) is 1. The van der Waals surface area contributed by atoms with E-state index in [1.165, 1.54) is 5.69 Å². The van der Waals surface area contributed by atoms with Crippen LogP contribution in [0.15, 0.2) is 10.7 Å².